The summed E-state index contributed by atoms with van der Waals surface area (Å²) in [6.07, 6.45) is 0. The Hall–Kier alpha value is -4.51. The highest BCUT2D eigenvalue weighted by Crippen LogP contribution is 2.24. The molecule has 0 fully saturated rings. The Morgan fingerprint density at radius 3 is 1.41 bits per heavy atom. The number of aromatic amines is 2. The first kappa shape index (κ1) is 20.1. The van der Waals surface area contributed by atoms with Crippen LogP contribution in [0.2, 0.25) is 0 Å². The first-order chi connectivity index (χ1) is 16.5. The number of aromatic nitrogens is 4. The number of carbonyl (C=O) groups excluding carboxylic acids is 1. The number of rotatable bonds is 4. The maximum absolute atomic E-state index is 13.1. The molecule has 0 spiro atoms. The number of carbonyl (C=O) groups is 1. The van der Waals surface area contributed by atoms with Crippen LogP contribution in [0, 0.1) is 13.8 Å². The van der Waals surface area contributed by atoms with Gasteiger partial charge in [0, 0.05) is 22.3 Å². The van der Waals surface area contributed by atoms with E-state index in [0.29, 0.717) is 11.1 Å². The molecule has 5 nitrogen and oxygen atoms in total. The lowest BCUT2D eigenvalue weighted by atomic mass is 10.0. The van der Waals surface area contributed by atoms with Gasteiger partial charge in [0.1, 0.15) is 11.6 Å². The van der Waals surface area contributed by atoms with Crippen LogP contribution < -0.4 is 0 Å². The lowest BCUT2D eigenvalue weighted by Gasteiger charge is -2.04. The Morgan fingerprint density at radius 1 is 0.588 bits per heavy atom. The fourth-order valence-corrected chi connectivity index (χ4v) is 4.25. The van der Waals surface area contributed by atoms with Gasteiger partial charge in [-0.15, -0.1) is 0 Å². The van der Waals surface area contributed by atoms with Gasteiger partial charge >= 0.3 is 0 Å². The number of benzene rings is 4. The molecular weight excluding hydrogens is 420 g/mol. The van der Waals surface area contributed by atoms with Crippen molar-refractivity contribution in [1.82, 2.24) is 19.9 Å². The number of fused-ring (bicyclic) bond motifs is 2. The quantitative estimate of drug-likeness (QED) is 0.301. The third kappa shape index (κ3) is 3.57. The molecule has 0 amide bonds. The molecule has 5 heteroatoms. The molecular formula is C29H22N4O. The summed E-state index contributed by atoms with van der Waals surface area (Å²) < 4.78 is 0. The Morgan fingerprint density at radius 2 is 1.00 bits per heavy atom. The van der Waals surface area contributed by atoms with Gasteiger partial charge in [0.2, 0.25) is 0 Å². The summed E-state index contributed by atoms with van der Waals surface area (Å²) in [5.41, 5.74) is 9.42. The summed E-state index contributed by atoms with van der Waals surface area (Å²) >= 11 is 0. The number of nitrogens with one attached hydrogen (secondary N) is 2. The van der Waals surface area contributed by atoms with Gasteiger partial charge < -0.3 is 9.97 Å². The van der Waals surface area contributed by atoms with Crippen molar-refractivity contribution in [2.24, 2.45) is 0 Å². The van der Waals surface area contributed by atoms with E-state index in [9.17, 15) is 4.79 Å². The first-order valence-electron chi connectivity index (χ1n) is 11.2. The molecule has 6 rings (SSSR count). The predicted octanol–water partition coefficient (Wildman–Crippen LogP) is 6.62. The summed E-state index contributed by atoms with van der Waals surface area (Å²) in [5.74, 6) is 1.58. The average molecular weight is 443 g/mol. The average Bonchev–Trinajstić information content (AvgIpc) is 3.47. The second-order valence-electron chi connectivity index (χ2n) is 8.70. The van der Waals surface area contributed by atoms with Gasteiger partial charge in [-0.05, 0) is 49.2 Å². The van der Waals surface area contributed by atoms with Crippen molar-refractivity contribution < 1.29 is 4.79 Å². The molecule has 0 saturated carbocycles. The Labute approximate surface area is 196 Å². The minimum atomic E-state index is -0.0152. The Kier molecular flexibility index (Phi) is 4.62. The predicted molar refractivity (Wildman–Crippen MR) is 136 cm³/mol. The fraction of sp³-hybridized carbons (Fsp3) is 0.0690. The minimum absolute atomic E-state index is 0.0152. The molecule has 0 aliphatic carbocycles. The number of ketones is 1. The molecule has 2 heterocycles. The van der Waals surface area contributed by atoms with E-state index in [1.165, 1.54) is 11.1 Å². The number of nitrogens with zero attached hydrogens (tertiary/aromatic N) is 2. The van der Waals surface area contributed by atoms with E-state index in [4.69, 9.17) is 0 Å². The van der Waals surface area contributed by atoms with Crippen LogP contribution in [0.4, 0.5) is 0 Å². The van der Waals surface area contributed by atoms with E-state index in [0.717, 1.165) is 44.8 Å². The molecule has 2 aromatic heterocycles. The zero-order chi connectivity index (χ0) is 23.2. The zero-order valence-electron chi connectivity index (χ0n) is 18.9. The summed E-state index contributed by atoms with van der Waals surface area (Å²) in [4.78, 5) is 29.1. The van der Waals surface area contributed by atoms with Crippen LogP contribution >= 0.6 is 0 Å². The lowest BCUT2D eigenvalue weighted by molar-refractivity contribution is 0.103. The number of aryl methyl sites for hydroxylation is 2. The molecule has 0 saturated heterocycles. The van der Waals surface area contributed by atoms with Gasteiger partial charge in [-0.1, -0.05) is 60.7 Å². The first-order valence-corrected chi connectivity index (χ1v) is 11.2. The standard InChI is InChI=1S/C29H22N4O/c1-17-3-13-23-25(15-17)32-28(30-23)21-9-5-19(6-10-21)27(34)20-7-11-22(12-8-20)29-31-24-14-4-18(2)16-26(24)33-29/h3-16H,1-2H3,(H,30,32)(H,31,33). The van der Waals surface area contributed by atoms with E-state index in [-0.39, 0.29) is 5.78 Å². The second-order valence-corrected chi connectivity index (χ2v) is 8.70. The van der Waals surface area contributed by atoms with Gasteiger partial charge in [-0.2, -0.15) is 0 Å². The van der Waals surface area contributed by atoms with Crippen LogP contribution in [-0.4, -0.2) is 25.7 Å². The van der Waals surface area contributed by atoms with Crippen molar-refractivity contribution in [3.8, 4) is 22.8 Å². The lowest BCUT2D eigenvalue weighted by Crippen LogP contribution is -2.01. The molecule has 0 radical (unpaired) electrons. The highest BCUT2D eigenvalue weighted by atomic mass is 16.1. The van der Waals surface area contributed by atoms with Crippen LogP contribution in [0.3, 0.4) is 0 Å². The maximum atomic E-state index is 13.1. The number of H-pyrrole nitrogens is 2. The van der Waals surface area contributed by atoms with E-state index >= 15 is 0 Å². The minimum Gasteiger partial charge on any atom is -0.338 e. The van der Waals surface area contributed by atoms with Crippen LogP contribution in [0.5, 0.6) is 0 Å². The van der Waals surface area contributed by atoms with E-state index in [2.05, 4.69) is 58.0 Å². The normalized spacial score (nSPS) is 11.4. The number of imidazole rings is 2. The molecule has 0 aliphatic heterocycles. The van der Waals surface area contributed by atoms with Gasteiger partial charge in [-0.25, -0.2) is 9.97 Å². The molecule has 6 aromatic rings. The highest BCUT2D eigenvalue weighted by molar-refractivity contribution is 6.09. The van der Waals surface area contributed by atoms with Crippen molar-refractivity contribution in [1.29, 1.82) is 0 Å². The SMILES string of the molecule is Cc1ccc2nc(-c3ccc(C(=O)c4ccc(-c5nc6ccc(C)cc6[nH]5)cc4)cc3)[nH]c2c1. The summed E-state index contributed by atoms with van der Waals surface area (Å²) in [5, 5.41) is 0. The van der Waals surface area contributed by atoms with E-state index < -0.39 is 0 Å². The van der Waals surface area contributed by atoms with Crippen molar-refractivity contribution in [2.75, 3.05) is 0 Å². The molecule has 0 aliphatic rings. The molecule has 0 atom stereocenters. The smallest absolute Gasteiger partial charge is 0.193 e. The van der Waals surface area contributed by atoms with Gasteiger partial charge in [0.25, 0.3) is 0 Å². The van der Waals surface area contributed by atoms with Crippen molar-refractivity contribution in [3.63, 3.8) is 0 Å². The molecule has 4 aromatic carbocycles. The van der Waals surface area contributed by atoms with Gasteiger partial charge in [0.05, 0.1) is 22.1 Å². The zero-order valence-corrected chi connectivity index (χ0v) is 18.9. The van der Waals surface area contributed by atoms with Crippen molar-refractivity contribution in [3.05, 3.63) is 107 Å². The van der Waals surface area contributed by atoms with E-state index in [1.54, 1.807) is 0 Å². The molecule has 2 N–H and O–H groups in total. The second kappa shape index (κ2) is 7.81. The fourth-order valence-electron chi connectivity index (χ4n) is 4.25. The maximum Gasteiger partial charge on any atom is 0.193 e. The topological polar surface area (TPSA) is 74.4 Å². The molecule has 34 heavy (non-hydrogen) atoms. The summed E-state index contributed by atoms with van der Waals surface area (Å²) in [6, 6.07) is 27.4. The van der Waals surface area contributed by atoms with Crippen molar-refractivity contribution >= 4 is 27.9 Å². The Balaban J connectivity index is 1.24. The third-order valence-corrected chi connectivity index (χ3v) is 6.12. The summed E-state index contributed by atoms with van der Waals surface area (Å²) in [6.45, 7) is 4.12. The van der Waals surface area contributed by atoms with Crippen LogP contribution in [0.25, 0.3) is 44.8 Å². The van der Waals surface area contributed by atoms with E-state index in [1.807, 2.05) is 60.7 Å². The molecule has 0 unspecified atom stereocenters. The van der Waals surface area contributed by atoms with Crippen molar-refractivity contribution in [2.45, 2.75) is 13.8 Å². The monoisotopic (exact) mass is 442 g/mol. The van der Waals surface area contributed by atoms with Crippen LogP contribution in [0.15, 0.2) is 84.9 Å². The largest absolute Gasteiger partial charge is 0.338 e. The van der Waals surface area contributed by atoms with Gasteiger partial charge in [-0.3, -0.25) is 4.79 Å². The summed E-state index contributed by atoms with van der Waals surface area (Å²) in [7, 11) is 0. The third-order valence-electron chi connectivity index (χ3n) is 6.12. The molecule has 164 valence electrons. The highest BCUT2D eigenvalue weighted by Gasteiger charge is 2.12. The van der Waals surface area contributed by atoms with Crippen LogP contribution in [-0.2, 0) is 0 Å². The number of hydrogen-bond donors (Lipinski definition) is 2. The Bertz CT molecular complexity index is 1550. The van der Waals surface area contributed by atoms with Crippen LogP contribution in [0.1, 0.15) is 27.0 Å². The molecule has 0 bridgehead atoms. The van der Waals surface area contributed by atoms with Gasteiger partial charge in [0.15, 0.2) is 5.78 Å². The number of hydrogen-bond acceptors (Lipinski definition) is 3.